The van der Waals surface area contributed by atoms with Crippen molar-refractivity contribution in [3.63, 3.8) is 0 Å². The minimum atomic E-state index is -3.59. The Balaban J connectivity index is 1.16. The molecule has 8 nitrogen and oxygen atoms in total. The Morgan fingerprint density at radius 3 is 2.23 bits per heavy atom. The van der Waals surface area contributed by atoms with E-state index in [0.29, 0.717) is 0 Å². The number of aliphatic hydroxyl groups excluding tert-OH is 1. The van der Waals surface area contributed by atoms with Crippen LogP contribution in [-0.4, -0.2) is 57.4 Å². The highest BCUT2D eigenvalue weighted by atomic mass is 32.2. The average molecular weight is 615 g/mol. The number of sulfonamides is 1. The lowest BCUT2D eigenvalue weighted by Crippen LogP contribution is -2.44. The van der Waals surface area contributed by atoms with Crippen molar-refractivity contribution in [1.29, 1.82) is 0 Å². The van der Waals surface area contributed by atoms with Crippen LogP contribution in [0.4, 0.5) is 0 Å². The monoisotopic (exact) mass is 614 g/mol. The van der Waals surface area contributed by atoms with Crippen LogP contribution < -0.4 is 4.72 Å². The number of morpholine rings is 1. The van der Waals surface area contributed by atoms with Crippen LogP contribution in [0.1, 0.15) is 41.1 Å². The van der Waals surface area contributed by atoms with Gasteiger partial charge in [-0.05, 0) is 46.0 Å². The summed E-state index contributed by atoms with van der Waals surface area (Å²) in [4.78, 5) is 2.63. The van der Waals surface area contributed by atoms with Crippen LogP contribution in [0.2, 0.25) is 0 Å². The molecule has 2 fully saturated rings. The van der Waals surface area contributed by atoms with Gasteiger partial charge in [0.2, 0.25) is 10.0 Å². The molecule has 230 valence electrons. The molecule has 2 N–H and O–H groups in total. The van der Waals surface area contributed by atoms with Crippen LogP contribution in [0, 0.1) is 0 Å². The number of benzene rings is 4. The van der Waals surface area contributed by atoms with Gasteiger partial charge in [-0.3, -0.25) is 4.90 Å². The van der Waals surface area contributed by atoms with Gasteiger partial charge in [0.25, 0.3) is 0 Å². The first kappa shape index (κ1) is 30.6. The van der Waals surface area contributed by atoms with Crippen molar-refractivity contribution in [2.45, 2.75) is 43.0 Å². The fourth-order valence-corrected chi connectivity index (χ4v) is 6.70. The molecule has 4 aromatic rings. The molecule has 0 radical (unpaired) electrons. The van der Waals surface area contributed by atoms with E-state index in [9.17, 15) is 13.5 Å². The van der Waals surface area contributed by atoms with E-state index in [2.05, 4.69) is 9.62 Å². The summed E-state index contributed by atoms with van der Waals surface area (Å²) in [6.07, 6.45) is 0.0737. The topological polar surface area (TPSA) is 97.3 Å². The van der Waals surface area contributed by atoms with E-state index < -0.39 is 16.3 Å². The number of nitrogens with one attached hydrogen (secondary N) is 1. The number of nitrogens with zero attached hydrogens (tertiary/aromatic N) is 1. The summed E-state index contributed by atoms with van der Waals surface area (Å²) >= 11 is 0. The van der Waals surface area contributed by atoms with Crippen LogP contribution >= 0.6 is 0 Å². The van der Waals surface area contributed by atoms with Gasteiger partial charge < -0.3 is 19.3 Å². The first-order chi connectivity index (χ1) is 21.5. The molecule has 2 aliphatic heterocycles. The summed E-state index contributed by atoms with van der Waals surface area (Å²) in [5, 5.41) is 9.48. The molecule has 0 aromatic heterocycles. The molecule has 2 aliphatic rings. The normalized spacial score (nSPS) is 21.2. The molecule has 2 heterocycles. The number of hydrogen-bond acceptors (Lipinski definition) is 7. The van der Waals surface area contributed by atoms with Gasteiger partial charge in [0.1, 0.15) is 0 Å². The van der Waals surface area contributed by atoms with Crippen molar-refractivity contribution in [1.82, 2.24) is 9.62 Å². The van der Waals surface area contributed by atoms with Crippen molar-refractivity contribution >= 4 is 10.0 Å². The molecule has 3 atom stereocenters. The number of ether oxygens (including phenoxy) is 3. The molecule has 0 bridgehead atoms. The van der Waals surface area contributed by atoms with Gasteiger partial charge in [0, 0.05) is 38.2 Å². The molecule has 2 saturated heterocycles. The van der Waals surface area contributed by atoms with E-state index >= 15 is 0 Å². The Labute approximate surface area is 259 Å². The molecule has 9 heteroatoms. The third-order valence-corrected chi connectivity index (χ3v) is 9.56. The van der Waals surface area contributed by atoms with Crippen LogP contribution in [0.25, 0.3) is 11.1 Å². The highest BCUT2D eigenvalue weighted by Gasteiger charge is 2.33. The quantitative estimate of drug-likeness (QED) is 0.253. The van der Waals surface area contributed by atoms with E-state index in [1.165, 1.54) is 0 Å². The van der Waals surface area contributed by atoms with Gasteiger partial charge in [-0.25, -0.2) is 13.1 Å². The minimum absolute atomic E-state index is 0.00890. The summed E-state index contributed by atoms with van der Waals surface area (Å²) in [5.74, 6) is 0. The zero-order valence-electron chi connectivity index (χ0n) is 24.5. The first-order valence-corrected chi connectivity index (χ1v) is 16.5. The predicted molar refractivity (Wildman–Crippen MR) is 168 cm³/mol. The first-order valence-electron chi connectivity index (χ1n) is 15.0. The molecule has 0 amide bonds. The van der Waals surface area contributed by atoms with E-state index in [1.54, 1.807) is 30.3 Å². The Hall–Kier alpha value is -3.41. The summed E-state index contributed by atoms with van der Waals surface area (Å²) in [7, 11) is -3.59. The van der Waals surface area contributed by atoms with E-state index in [4.69, 9.17) is 14.2 Å². The van der Waals surface area contributed by atoms with Crippen molar-refractivity contribution in [2.24, 2.45) is 0 Å². The predicted octanol–water partition coefficient (Wildman–Crippen LogP) is 5.20. The highest BCUT2D eigenvalue weighted by Crippen LogP contribution is 2.38. The molecular weight excluding hydrogens is 576 g/mol. The minimum Gasteiger partial charge on any atom is -0.392 e. The zero-order chi connectivity index (χ0) is 30.4. The van der Waals surface area contributed by atoms with E-state index in [0.717, 1.165) is 72.6 Å². The molecule has 0 unspecified atom stereocenters. The third kappa shape index (κ3) is 7.62. The number of aliphatic hydroxyl groups is 1. The maximum absolute atomic E-state index is 12.7. The lowest BCUT2D eigenvalue weighted by atomic mass is 9.99. The van der Waals surface area contributed by atoms with Crippen LogP contribution in [0.15, 0.2) is 108 Å². The average Bonchev–Trinajstić information content (AvgIpc) is 3.08. The van der Waals surface area contributed by atoms with Crippen molar-refractivity contribution in [2.75, 3.05) is 32.8 Å². The summed E-state index contributed by atoms with van der Waals surface area (Å²) in [6.45, 7) is 4.27. The molecule has 44 heavy (non-hydrogen) atoms. The van der Waals surface area contributed by atoms with Gasteiger partial charge in [-0.1, -0.05) is 84.9 Å². The van der Waals surface area contributed by atoms with Gasteiger partial charge in [0.05, 0.1) is 36.9 Å². The van der Waals surface area contributed by atoms with Crippen molar-refractivity contribution < 1.29 is 27.7 Å². The van der Waals surface area contributed by atoms with E-state index in [1.807, 2.05) is 72.8 Å². The van der Waals surface area contributed by atoms with Gasteiger partial charge in [0.15, 0.2) is 6.29 Å². The maximum atomic E-state index is 12.7. The molecule has 6 rings (SSSR count). The second-order valence-electron chi connectivity index (χ2n) is 11.2. The second kappa shape index (κ2) is 14.1. The number of rotatable bonds is 10. The fraction of sp³-hybridized carbons (Fsp3) is 0.314. The Morgan fingerprint density at radius 1 is 0.773 bits per heavy atom. The van der Waals surface area contributed by atoms with Gasteiger partial charge >= 0.3 is 0 Å². The smallest absolute Gasteiger partial charge is 0.240 e. The number of hydrogen-bond donors (Lipinski definition) is 2. The standard InChI is InChI=1S/C35H38N2O6S/c38-25-26-9-11-29(12-10-26)34-22-32(24-37-17-19-41-20-18-37)42-35(43-34)30-15-13-28(14-16-30)31-6-4-5-27(21-31)23-36-44(39,40)33-7-2-1-3-8-33/h1-16,21,32,34-36,38H,17-20,22-25H2/t32-,34+,35+/m1/s1. The van der Waals surface area contributed by atoms with Gasteiger partial charge in [-0.2, -0.15) is 0 Å². The largest absolute Gasteiger partial charge is 0.392 e. The summed E-state index contributed by atoms with van der Waals surface area (Å²) in [6, 6.07) is 32.3. The molecule has 0 saturated carbocycles. The lowest BCUT2D eigenvalue weighted by Gasteiger charge is -2.39. The van der Waals surface area contributed by atoms with Gasteiger partial charge in [-0.15, -0.1) is 0 Å². The summed E-state index contributed by atoms with van der Waals surface area (Å²) < 4.78 is 46.6. The molecular formula is C35H38N2O6S. The Bertz CT molecular complexity index is 1610. The molecule has 0 spiro atoms. The third-order valence-electron chi connectivity index (χ3n) is 8.14. The second-order valence-corrected chi connectivity index (χ2v) is 13.0. The van der Waals surface area contributed by atoms with Crippen molar-refractivity contribution in [3.05, 3.63) is 125 Å². The van der Waals surface area contributed by atoms with Crippen LogP contribution in [0.5, 0.6) is 0 Å². The SMILES string of the molecule is O=S(=O)(NCc1cccc(-c2ccc([C@H]3O[C@@H](CN4CCOCC4)C[C@@H](c4ccc(CO)cc4)O3)cc2)c1)c1ccccc1. The summed E-state index contributed by atoms with van der Waals surface area (Å²) in [5.41, 5.74) is 5.74. The van der Waals surface area contributed by atoms with Crippen LogP contribution in [0.3, 0.4) is 0 Å². The van der Waals surface area contributed by atoms with Crippen LogP contribution in [-0.2, 0) is 37.4 Å². The Morgan fingerprint density at radius 2 is 1.50 bits per heavy atom. The lowest BCUT2D eigenvalue weighted by molar-refractivity contribution is -0.253. The van der Waals surface area contributed by atoms with Crippen molar-refractivity contribution in [3.8, 4) is 11.1 Å². The molecule has 4 aromatic carbocycles. The molecule has 0 aliphatic carbocycles. The fourth-order valence-electron chi connectivity index (χ4n) is 5.66. The Kier molecular flexibility index (Phi) is 9.83. The zero-order valence-corrected chi connectivity index (χ0v) is 25.4. The highest BCUT2D eigenvalue weighted by molar-refractivity contribution is 7.89. The maximum Gasteiger partial charge on any atom is 0.240 e. The van der Waals surface area contributed by atoms with E-state index in [-0.39, 0.29) is 30.3 Å².